The summed E-state index contributed by atoms with van der Waals surface area (Å²) in [6.07, 6.45) is 2.95. The zero-order chi connectivity index (χ0) is 19.1. The molecule has 0 aliphatic rings. The van der Waals surface area contributed by atoms with Crippen LogP contribution in [0.1, 0.15) is 0 Å². The van der Waals surface area contributed by atoms with Gasteiger partial charge in [0.2, 0.25) is 0 Å². The van der Waals surface area contributed by atoms with Crippen molar-refractivity contribution < 1.29 is 18.6 Å². The van der Waals surface area contributed by atoms with Crippen LogP contribution in [-0.2, 0) is 7.05 Å². The second-order valence-corrected chi connectivity index (χ2v) is 5.93. The number of aromatic hydroxyl groups is 1. The molecule has 136 valence electrons. The molecule has 0 aliphatic carbocycles. The summed E-state index contributed by atoms with van der Waals surface area (Å²) in [5, 5.41) is 14.9. The highest BCUT2D eigenvalue weighted by atomic mass is 19.1. The molecule has 0 unspecified atom stereocenters. The molecule has 27 heavy (non-hydrogen) atoms. The second kappa shape index (κ2) is 6.31. The third-order valence-corrected chi connectivity index (χ3v) is 4.22. The van der Waals surface area contributed by atoms with Gasteiger partial charge < -0.3 is 9.84 Å². The molecule has 0 saturated carbocycles. The SMILES string of the molecule is COc1cc2ncnc(-c3cn(C)nc3-c3c(F)cccc3F)c2cc1O. The van der Waals surface area contributed by atoms with Crippen LogP contribution in [0.15, 0.2) is 42.9 Å². The number of phenols is 1. The van der Waals surface area contributed by atoms with Gasteiger partial charge >= 0.3 is 0 Å². The van der Waals surface area contributed by atoms with Crippen LogP contribution in [0.4, 0.5) is 8.78 Å². The molecule has 6 nitrogen and oxygen atoms in total. The van der Waals surface area contributed by atoms with E-state index in [0.717, 1.165) is 0 Å². The fourth-order valence-corrected chi connectivity index (χ4v) is 3.02. The molecule has 1 N–H and O–H groups in total. The first-order valence-corrected chi connectivity index (χ1v) is 7.99. The summed E-state index contributed by atoms with van der Waals surface area (Å²) in [6, 6.07) is 6.66. The quantitative estimate of drug-likeness (QED) is 0.597. The maximum atomic E-state index is 14.3. The van der Waals surface area contributed by atoms with E-state index in [9.17, 15) is 13.9 Å². The highest BCUT2D eigenvalue weighted by Gasteiger charge is 2.22. The first kappa shape index (κ1) is 16.9. The van der Waals surface area contributed by atoms with Crippen molar-refractivity contribution in [2.24, 2.45) is 7.05 Å². The fourth-order valence-electron chi connectivity index (χ4n) is 3.02. The van der Waals surface area contributed by atoms with E-state index < -0.39 is 11.6 Å². The molecule has 4 aromatic rings. The van der Waals surface area contributed by atoms with E-state index >= 15 is 0 Å². The third kappa shape index (κ3) is 2.75. The Bertz CT molecular complexity index is 1150. The van der Waals surface area contributed by atoms with Crippen molar-refractivity contribution in [3.8, 4) is 34.0 Å². The molecule has 0 radical (unpaired) electrons. The second-order valence-electron chi connectivity index (χ2n) is 5.93. The van der Waals surface area contributed by atoms with E-state index in [0.29, 0.717) is 22.2 Å². The molecule has 0 spiro atoms. The van der Waals surface area contributed by atoms with Gasteiger partial charge in [-0.15, -0.1) is 0 Å². The van der Waals surface area contributed by atoms with Gasteiger partial charge in [-0.1, -0.05) is 6.07 Å². The zero-order valence-corrected chi connectivity index (χ0v) is 14.4. The van der Waals surface area contributed by atoms with Gasteiger partial charge in [0.25, 0.3) is 0 Å². The van der Waals surface area contributed by atoms with Gasteiger partial charge in [-0.25, -0.2) is 18.7 Å². The number of rotatable bonds is 3. The minimum Gasteiger partial charge on any atom is -0.504 e. The molecule has 0 bridgehead atoms. The van der Waals surface area contributed by atoms with Gasteiger partial charge in [0.05, 0.1) is 23.9 Å². The molecule has 4 rings (SSSR count). The molecule has 2 aromatic heterocycles. The summed E-state index contributed by atoms with van der Waals surface area (Å²) in [4.78, 5) is 8.46. The fraction of sp³-hybridized carbons (Fsp3) is 0.105. The topological polar surface area (TPSA) is 73.1 Å². The van der Waals surface area contributed by atoms with Gasteiger partial charge in [0, 0.05) is 30.3 Å². The third-order valence-electron chi connectivity index (χ3n) is 4.22. The van der Waals surface area contributed by atoms with Crippen molar-refractivity contribution in [2.75, 3.05) is 7.11 Å². The molecule has 0 amide bonds. The van der Waals surface area contributed by atoms with Crippen LogP contribution in [0.2, 0.25) is 0 Å². The minimum atomic E-state index is -0.724. The monoisotopic (exact) mass is 368 g/mol. The number of hydrogen-bond donors (Lipinski definition) is 1. The zero-order valence-electron chi connectivity index (χ0n) is 14.4. The van der Waals surface area contributed by atoms with Gasteiger partial charge in [-0.3, -0.25) is 4.68 Å². The Labute approximate surface area is 152 Å². The van der Waals surface area contributed by atoms with E-state index in [4.69, 9.17) is 4.74 Å². The van der Waals surface area contributed by atoms with E-state index in [-0.39, 0.29) is 22.8 Å². The van der Waals surface area contributed by atoms with E-state index in [1.165, 1.54) is 42.4 Å². The number of hydrogen-bond acceptors (Lipinski definition) is 5. The molecule has 2 aromatic carbocycles. The number of ether oxygens (including phenoxy) is 1. The molecule has 0 fully saturated rings. The highest BCUT2D eigenvalue weighted by Crippen LogP contribution is 2.38. The first-order chi connectivity index (χ1) is 13.0. The normalized spacial score (nSPS) is 11.1. The molecule has 0 atom stereocenters. The number of halogens is 2. The lowest BCUT2D eigenvalue weighted by molar-refractivity contribution is 0.374. The highest BCUT2D eigenvalue weighted by molar-refractivity contribution is 5.97. The van der Waals surface area contributed by atoms with Crippen molar-refractivity contribution in [3.05, 3.63) is 54.5 Å². The molecule has 8 heteroatoms. The molecular weight excluding hydrogens is 354 g/mol. The number of fused-ring (bicyclic) bond motifs is 1. The summed E-state index contributed by atoms with van der Waals surface area (Å²) in [6.45, 7) is 0. The standard InChI is InChI=1S/C19H14F2N4O2/c1-25-8-11(19(24-25)17-12(20)4-3-5-13(17)21)18-10-6-15(26)16(27-2)7-14(10)22-9-23-18/h3-9,26H,1-2H3. The number of aromatic nitrogens is 4. The average molecular weight is 368 g/mol. The molecular formula is C19H14F2N4O2. The summed E-state index contributed by atoms with van der Waals surface area (Å²) in [5.41, 5.74) is 1.20. The molecule has 2 heterocycles. The maximum Gasteiger partial charge on any atom is 0.162 e. The van der Waals surface area contributed by atoms with Crippen molar-refractivity contribution in [3.63, 3.8) is 0 Å². The van der Waals surface area contributed by atoms with Crippen LogP contribution in [0, 0.1) is 11.6 Å². The number of methoxy groups -OCH3 is 1. The Hall–Kier alpha value is -3.55. The minimum absolute atomic E-state index is 0.0939. The molecule has 0 saturated heterocycles. The average Bonchev–Trinajstić information content (AvgIpc) is 3.01. The van der Waals surface area contributed by atoms with E-state index in [2.05, 4.69) is 15.1 Å². The first-order valence-electron chi connectivity index (χ1n) is 7.99. The Morgan fingerprint density at radius 1 is 1.07 bits per heavy atom. The van der Waals surface area contributed by atoms with Crippen LogP contribution in [0.25, 0.3) is 33.4 Å². The van der Waals surface area contributed by atoms with Crippen molar-refractivity contribution in [1.82, 2.24) is 19.7 Å². The predicted octanol–water partition coefficient (Wildman–Crippen LogP) is 3.69. The van der Waals surface area contributed by atoms with Gasteiger partial charge in [-0.05, 0) is 18.2 Å². The number of aryl methyl sites for hydroxylation is 1. The number of phenolic OH excluding ortho intramolecular Hbond substituents is 1. The van der Waals surface area contributed by atoms with Crippen LogP contribution >= 0.6 is 0 Å². The van der Waals surface area contributed by atoms with Crippen molar-refractivity contribution >= 4 is 10.9 Å². The van der Waals surface area contributed by atoms with Gasteiger partial charge in [-0.2, -0.15) is 5.10 Å². The van der Waals surface area contributed by atoms with Gasteiger partial charge in [0.1, 0.15) is 23.7 Å². The lowest BCUT2D eigenvalue weighted by atomic mass is 10.0. The largest absolute Gasteiger partial charge is 0.504 e. The summed E-state index contributed by atoms with van der Waals surface area (Å²) >= 11 is 0. The Balaban J connectivity index is 2.02. The van der Waals surface area contributed by atoms with E-state index in [1.54, 1.807) is 19.3 Å². The van der Waals surface area contributed by atoms with Crippen LogP contribution in [0.3, 0.4) is 0 Å². The summed E-state index contributed by atoms with van der Waals surface area (Å²) in [5.74, 6) is -1.28. The van der Waals surface area contributed by atoms with Crippen LogP contribution < -0.4 is 4.74 Å². The number of benzene rings is 2. The molecule has 0 aliphatic heterocycles. The smallest absolute Gasteiger partial charge is 0.162 e. The predicted molar refractivity (Wildman–Crippen MR) is 95.3 cm³/mol. The van der Waals surface area contributed by atoms with Gasteiger partial charge in [0.15, 0.2) is 11.5 Å². The van der Waals surface area contributed by atoms with Crippen LogP contribution in [-0.4, -0.2) is 32.0 Å². The summed E-state index contributed by atoms with van der Waals surface area (Å²) in [7, 11) is 3.08. The Morgan fingerprint density at radius 3 is 2.52 bits per heavy atom. The Kier molecular flexibility index (Phi) is 3.95. The van der Waals surface area contributed by atoms with E-state index in [1.807, 2.05) is 0 Å². The van der Waals surface area contributed by atoms with Crippen molar-refractivity contribution in [1.29, 1.82) is 0 Å². The lowest BCUT2D eigenvalue weighted by Crippen LogP contribution is -1.95. The Morgan fingerprint density at radius 2 is 1.81 bits per heavy atom. The summed E-state index contributed by atoms with van der Waals surface area (Å²) < 4.78 is 35.2. The number of nitrogens with zero attached hydrogens (tertiary/aromatic N) is 4. The van der Waals surface area contributed by atoms with Crippen molar-refractivity contribution in [2.45, 2.75) is 0 Å². The van der Waals surface area contributed by atoms with Crippen LogP contribution in [0.5, 0.6) is 11.5 Å². The lowest BCUT2D eigenvalue weighted by Gasteiger charge is -2.09. The maximum absolute atomic E-state index is 14.3.